The Bertz CT molecular complexity index is 1240. The topological polar surface area (TPSA) is 76.0 Å². The molecule has 0 fully saturated rings. The zero-order chi connectivity index (χ0) is 22.7. The molecule has 4 aromatic rings. The molecule has 2 aromatic heterocycles. The molecule has 4 rings (SSSR count). The maximum absolute atomic E-state index is 13.0. The summed E-state index contributed by atoms with van der Waals surface area (Å²) < 4.78 is 1.68. The molecule has 0 atom stereocenters. The first-order valence-corrected chi connectivity index (χ1v) is 11.1. The van der Waals surface area contributed by atoms with Gasteiger partial charge in [-0.05, 0) is 55.5 Å². The molecular weight excluding hydrogens is 420 g/mol. The van der Waals surface area contributed by atoms with Crippen molar-refractivity contribution in [3.63, 3.8) is 0 Å². The summed E-state index contributed by atoms with van der Waals surface area (Å²) in [6, 6.07) is 17.5. The number of thiophene rings is 1. The molecule has 0 spiro atoms. The number of nitrogens with one attached hydrogen (secondary N) is 2. The Morgan fingerprint density at radius 1 is 1.00 bits per heavy atom. The van der Waals surface area contributed by atoms with Crippen LogP contribution in [0.1, 0.15) is 27.0 Å². The molecule has 6 nitrogen and oxygen atoms in total. The summed E-state index contributed by atoms with van der Waals surface area (Å²) in [7, 11) is 0. The van der Waals surface area contributed by atoms with Crippen LogP contribution in [0.4, 0.5) is 5.69 Å². The summed E-state index contributed by atoms with van der Waals surface area (Å²) in [5.74, 6) is -0.621. The molecule has 2 N–H and O–H groups in total. The standard InChI is InChI=1S/C25H24N4O2S/c1-16-12-17(2)23(18(3)13-16)27-22(30)14-26-25(31)20-15-29(19-8-5-4-6-9-19)28-24(20)21-10-7-11-32-21/h4-13,15H,14H2,1-3H3,(H,26,31)(H,27,30). The number of benzene rings is 2. The van der Waals surface area contributed by atoms with Crippen LogP contribution >= 0.6 is 11.3 Å². The lowest BCUT2D eigenvalue weighted by Crippen LogP contribution is -2.33. The number of para-hydroxylation sites is 1. The van der Waals surface area contributed by atoms with Gasteiger partial charge in [0.05, 0.1) is 22.7 Å². The van der Waals surface area contributed by atoms with Crippen molar-refractivity contribution in [1.29, 1.82) is 0 Å². The number of aromatic nitrogens is 2. The summed E-state index contributed by atoms with van der Waals surface area (Å²) in [6.45, 7) is 5.80. The number of carbonyl (C=O) groups excluding carboxylic acids is 2. The number of aryl methyl sites for hydroxylation is 3. The first-order chi connectivity index (χ1) is 15.4. The highest BCUT2D eigenvalue weighted by Crippen LogP contribution is 2.28. The number of nitrogens with zero attached hydrogens (tertiary/aromatic N) is 2. The van der Waals surface area contributed by atoms with Crippen LogP contribution in [-0.2, 0) is 4.79 Å². The predicted molar refractivity (Wildman–Crippen MR) is 128 cm³/mol. The highest BCUT2D eigenvalue weighted by molar-refractivity contribution is 7.13. The Morgan fingerprint density at radius 2 is 1.72 bits per heavy atom. The largest absolute Gasteiger partial charge is 0.343 e. The number of amides is 2. The number of hydrogen-bond donors (Lipinski definition) is 2. The van der Waals surface area contributed by atoms with E-state index in [9.17, 15) is 9.59 Å². The Morgan fingerprint density at radius 3 is 2.38 bits per heavy atom. The molecule has 7 heteroatoms. The fourth-order valence-electron chi connectivity index (χ4n) is 3.66. The van der Waals surface area contributed by atoms with E-state index in [0.717, 1.165) is 32.9 Å². The van der Waals surface area contributed by atoms with Crippen molar-refractivity contribution < 1.29 is 9.59 Å². The quantitative estimate of drug-likeness (QED) is 0.444. The van der Waals surface area contributed by atoms with Gasteiger partial charge in [0, 0.05) is 11.9 Å². The van der Waals surface area contributed by atoms with E-state index in [2.05, 4.69) is 15.7 Å². The Labute approximate surface area is 190 Å². The van der Waals surface area contributed by atoms with Gasteiger partial charge in [-0.3, -0.25) is 9.59 Å². The molecule has 2 heterocycles. The van der Waals surface area contributed by atoms with Crippen LogP contribution in [0.2, 0.25) is 0 Å². The van der Waals surface area contributed by atoms with Gasteiger partial charge in [-0.1, -0.05) is 42.0 Å². The highest BCUT2D eigenvalue weighted by Gasteiger charge is 2.20. The molecule has 2 aromatic carbocycles. The van der Waals surface area contributed by atoms with E-state index in [1.165, 1.54) is 11.3 Å². The molecule has 0 saturated carbocycles. The Hall–Kier alpha value is -3.71. The van der Waals surface area contributed by atoms with Gasteiger partial charge in [-0.2, -0.15) is 5.10 Å². The lowest BCUT2D eigenvalue weighted by molar-refractivity contribution is -0.115. The minimum absolute atomic E-state index is 0.133. The summed E-state index contributed by atoms with van der Waals surface area (Å²) in [5.41, 5.74) is 5.78. The second-order valence-corrected chi connectivity index (χ2v) is 8.60. The average Bonchev–Trinajstić information content (AvgIpc) is 3.45. The first-order valence-electron chi connectivity index (χ1n) is 10.3. The summed E-state index contributed by atoms with van der Waals surface area (Å²) >= 11 is 1.51. The third-order valence-corrected chi connectivity index (χ3v) is 5.96. The summed E-state index contributed by atoms with van der Waals surface area (Å²) in [6.07, 6.45) is 1.70. The van der Waals surface area contributed by atoms with E-state index in [0.29, 0.717) is 11.3 Å². The number of rotatable bonds is 6. The van der Waals surface area contributed by atoms with Gasteiger partial charge in [-0.25, -0.2) is 4.68 Å². The normalized spacial score (nSPS) is 10.7. The second-order valence-electron chi connectivity index (χ2n) is 7.65. The second kappa shape index (κ2) is 9.20. The Balaban J connectivity index is 1.52. The zero-order valence-electron chi connectivity index (χ0n) is 18.2. The van der Waals surface area contributed by atoms with Crippen LogP contribution in [0.3, 0.4) is 0 Å². The lowest BCUT2D eigenvalue weighted by Gasteiger charge is -2.13. The van der Waals surface area contributed by atoms with E-state index in [1.807, 2.05) is 80.7 Å². The molecule has 2 amide bonds. The van der Waals surface area contributed by atoms with Crippen molar-refractivity contribution >= 4 is 28.8 Å². The monoisotopic (exact) mass is 444 g/mol. The molecule has 162 valence electrons. The van der Waals surface area contributed by atoms with Crippen LogP contribution in [0.25, 0.3) is 16.3 Å². The van der Waals surface area contributed by atoms with E-state index in [4.69, 9.17) is 0 Å². The van der Waals surface area contributed by atoms with E-state index in [1.54, 1.807) is 10.9 Å². The van der Waals surface area contributed by atoms with Gasteiger partial charge in [0.2, 0.25) is 5.91 Å². The third-order valence-electron chi connectivity index (χ3n) is 5.09. The van der Waals surface area contributed by atoms with E-state index in [-0.39, 0.29) is 18.4 Å². The van der Waals surface area contributed by atoms with Crippen molar-refractivity contribution in [1.82, 2.24) is 15.1 Å². The molecule has 0 bridgehead atoms. The molecule has 0 aliphatic rings. The molecule has 0 saturated heterocycles. The number of hydrogen-bond acceptors (Lipinski definition) is 4. The van der Waals surface area contributed by atoms with Gasteiger partial charge >= 0.3 is 0 Å². The van der Waals surface area contributed by atoms with Crippen molar-refractivity contribution in [3.8, 4) is 16.3 Å². The van der Waals surface area contributed by atoms with Crippen molar-refractivity contribution in [2.24, 2.45) is 0 Å². The molecule has 0 unspecified atom stereocenters. The summed E-state index contributed by atoms with van der Waals surface area (Å²) in [5, 5.41) is 12.2. The number of anilines is 1. The van der Waals surface area contributed by atoms with Crippen LogP contribution in [0, 0.1) is 20.8 Å². The van der Waals surface area contributed by atoms with Crippen molar-refractivity contribution in [3.05, 3.63) is 88.4 Å². The number of carbonyl (C=O) groups is 2. The zero-order valence-corrected chi connectivity index (χ0v) is 19.0. The van der Waals surface area contributed by atoms with Gasteiger partial charge in [0.25, 0.3) is 5.91 Å². The van der Waals surface area contributed by atoms with E-state index >= 15 is 0 Å². The van der Waals surface area contributed by atoms with Crippen LogP contribution < -0.4 is 10.6 Å². The van der Waals surface area contributed by atoms with Crippen molar-refractivity contribution in [2.75, 3.05) is 11.9 Å². The third kappa shape index (κ3) is 4.63. The average molecular weight is 445 g/mol. The molecule has 0 radical (unpaired) electrons. The maximum atomic E-state index is 13.0. The first kappa shape index (κ1) is 21.5. The highest BCUT2D eigenvalue weighted by atomic mass is 32.1. The lowest BCUT2D eigenvalue weighted by atomic mass is 10.1. The predicted octanol–water partition coefficient (Wildman–Crippen LogP) is 4.89. The fraction of sp³-hybridized carbons (Fsp3) is 0.160. The van der Waals surface area contributed by atoms with E-state index < -0.39 is 0 Å². The van der Waals surface area contributed by atoms with Gasteiger partial charge in [0.1, 0.15) is 5.69 Å². The van der Waals surface area contributed by atoms with Crippen LogP contribution in [-0.4, -0.2) is 28.1 Å². The molecule has 0 aliphatic carbocycles. The summed E-state index contributed by atoms with van der Waals surface area (Å²) in [4.78, 5) is 26.4. The smallest absolute Gasteiger partial charge is 0.255 e. The van der Waals surface area contributed by atoms with Gasteiger partial charge in [0.15, 0.2) is 0 Å². The molecule has 32 heavy (non-hydrogen) atoms. The molecule has 0 aliphatic heterocycles. The maximum Gasteiger partial charge on any atom is 0.255 e. The Kier molecular flexibility index (Phi) is 6.18. The van der Waals surface area contributed by atoms with Crippen molar-refractivity contribution in [2.45, 2.75) is 20.8 Å². The van der Waals surface area contributed by atoms with Gasteiger partial charge in [-0.15, -0.1) is 11.3 Å². The minimum atomic E-state index is -0.344. The van der Waals surface area contributed by atoms with Gasteiger partial charge < -0.3 is 10.6 Å². The van der Waals surface area contributed by atoms with Crippen LogP contribution in [0.5, 0.6) is 0 Å². The fourth-order valence-corrected chi connectivity index (χ4v) is 4.39. The SMILES string of the molecule is Cc1cc(C)c(NC(=O)CNC(=O)c2cn(-c3ccccc3)nc2-c2cccs2)c(C)c1. The molecular formula is C25H24N4O2S. The minimum Gasteiger partial charge on any atom is -0.343 e. The van der Waals surface area contributed by atoms with Crippen LogP contribution in [0.15, 0.2) is 66.2 Å².